The summed E-state index contributed by atoms with van der Waals surface area (Å²) in [5, 5.41) is 4.68. The van der Waals surface area contributed by atoms with Gasteiger partial charge >= 0.3 is 6.01 Å². The molecule has 0 aliphatic rings. The molecule has 5 nitrogen and oxygen atoms in total. The van der Waals surface area contributed by atoms with Crippen molar-refractivity contribution in [1.82, 2.24) is 19.6 Å². The highest BCUT2D eigenvalue weighted by molar-refractivity contribution is 6.30. The van der Waals surface area contributed by atoms with E-state index in [0.29, 0.717) is 17.5 Å². The van der Waals surface area contributed by atoms with E-state index < -0.39 is 0 Å². The van der Waals surface area contributed by atoms with Gasteiger partial charge in [0, 0.05) is 11.1 Å². The Balaban J connectivity index is 2.22. The molecule has 0 saturated carbocycles. The fourth-order valence-corrected chi connectivity index (χ4v) is 2.20. The maximum absolute atomic E-state index is 6.36. The number of ether oxygens (including phenoxy) is 1. The molecular formula is C14H13ClN4O. The molecule has 0 fully saturated rings. The Morgan fingerprint density at radius 2 is 1.95 bits per heavy atom. The van der Waals surface area contributed by atoms with Gasteiger partial charge in [0.2, 0.25) is 0 Å². The van der Waals surface area contributed by atoms with Gasteiger partial charge in [-0.1, -0.05) is 41.9 Å². The van der Waals surface area contributed by atoms with E-state index in [0.717, 1.165) is 16.8 Å². The summed E-state index contributed by atoms with van der Waals surface area (Å²) in [4.78, 5) is 8.76. The molecule has 0 bridgehead atoms. The number of hydrogen-bond acceptors (Lipinski definition) is 4. The van der Waals surface area contributed by atoms with E-state index in [4.69, 9.17) is 16.3 Å². The summed E-state index contributed by atoms with van der Waals surface area (Å²) in [6.45, 7) is 4.29. The second-order valence-corrected chi connectivity index (χ2v) is 4.64. The van der Waals surface area contributed by atoms with Crippen LogP contribution in [0.15, 0.2) is 30.3 Å². The zero-order valence-electron chi connectivity index (χ0n) is 11.2. The van der Waals surface area contributed by atoms with Gasteiger partial charge in [-0.2, -0.15) is 9.50 Å². The average molecular weight is 289 g/mol. The first-order valence-corrected chi connectivity index (χ1v) is 6.69. The Kier molecular flexibility index (Phi) is 3.28. The molecule has 2 aromatic heterocycles. The van der Waals surface area contributed by atoms with Crippen molar-refractivity contribution in [3.63, 3.8) is 0 Å². The minimum Gasteiger partial charge on any atom is -0.463 e. The van der Waals surface area contributed by atoms with Gasteiger partial charge in [0.15, 0.2) is 0 Å². The maximum atomic E-state index is 6.36. The lowest BCUT2D eigenvalue weighted by molar-refractivity contribution is 0.313. The fourth-order valence-electron chi connectivity index (χ4n) is 2.00. The van der Waals surface area contributed by atoms with Crippen molar-refractivity contribution in [3.8, 4) is 17.3 Å². The monoisotopic (exact) mass is 288 g/mol. The van der Waals surface area contributed by atoms with Crippen molar-refractivity contribution in [1.29, 1.82) is 0 Å². The Hall–Kier alpha value is -2.14. The predicted molar refractivity (Wildman–Crippen MR) is 77.1 cm³/mol. The number of halogens is 1. The number of fused-ring (bicyclic) bond motifs is 1. The lowest BCUT2D eigenvalue weighted by Crippen LogP contribution is -1.99. The fraction of sp³-hybridized carbons (Fsp3) is 0.214. The summed E-state index contributed by atoms with van der Waals surface area (Å²) < 4.78 is 6.78. The number of rotatable bonds is 3. The van der Waals surface area contributed by atoms with Crippen LogP contribution in [0, 0.1) is 6.92 Å². The maximum Gasteiger partial charge on any atom is 0.337 e. The molecule has 0 unspecified atom stereocenters. The molecule has 0 aliphatic heterocycles. The quantitative estimate of drug-likeness (QED) is 0.695. The van der Waals surface area contributed by atoms with Gasteiger partial charge in [0.1, 0.15) is 5.15 Å². The van der Waals surface area contributed by atoms with E-state index in [1.807, 2.05) is 44.2 Å². The predicted octanol–water partition coefficient (Wildman–Crippen LogP) is 3.15. The van der Waals surface area contributed by atoms with Crippen LogP contribution >= 0.6 is 11.6 Å². The van der Waals surface area contributed by atoms with Gasteiger partial charge in [-0.25, -0.2) is 4.98 Å². The topological polar surface area (TPSA) is 52.3 Å². The largest absolute Gasteiger partial charge is 0.463 e. The first kappa shape index (κ1) is 12.9. The van der Waals surface area contributed by atoms with Crippen molar-refractivity contribution < 1.29 is 4.74 Å². The van der Waals surface area contributed by atoms with Gasteiger partial charge in [-0.3, -0.25) is 0 Å². The normalized spacial score (nSPS) is 10.9. The van der Waals surface area contributed by atoms with Crippen LogP contribution in [0.3, 0.4) is 0 Å². The number of nitrogens with zero attached hydrogens (tertiary/aromatic N) is 4. The molecule has 2 heterocycles. The Morgan fingerprint density at radius 1 is 1.20 bits per heavy atom. The summed E-state index contributed by atoms with van der Waals surface area (Å²) in [5.74, 6) is 0.433. The number of aromatic nitrogens is 4. The van der Waals surface area contributed by atoms with E-state index in [-0.39, 0.29) is 6.01 Å². The third kappa shape index (κ3) is 2.10. The zero-order valence-corrected chi connectivity index (χ0v) is 11.9. The average Bonchev–Trinajstić information content (AvgIpc) is 2.87. The van der Waals surface area contributed by atoms with E-state index >= 15 is 0 Å². The smallest absolute Gasteiger partial charge is 0.337 e. The van der Waals surface area contributed by atoms with E-state index in [9.17, 15) is 0 Å². The van der Waals surface area contributed by atoms with Crippen molar-refractivity contribution in [3.05, 3.63) is 41.0 Å². The Bertz CT molecular complexity index is 755. The molecule has 6 heteroatoms. The van der Waals surface area contributed by atoms with Gasteiger partial charge < -0.3 is 4.74 Å². The van der Waals surface area contributed by atoms with Crippen LogP contribution in [0.4, 0.5) is 0 Å². The van der Waals surface area contributed by atoms with Crippen LogP contribution < -0.4 is 4.74 Å². The molecule has 0 radical (unpaired) electrons. The number of benzene rings is 1. The first-order valence-electron chi connectivity index (χ1n) is 6.31. The lowest BCUT2D eigenvalue weighted by Gasteiger charge is -2.07. The minimum absolute atomic E-state index is 0.284. The van der Waals surface area contributed by atoms with Gasteiger partial charge in [-0.15, -0.1) is 5.10 Å². The molecule has 0 atom stereocenters. The van der Waals surface area contributed by atoms with E-state index in [2.05, 4.69) is 15.1 Å². The highest BCUT2D eigenvalue weighted by Crippen LogP contribution is 2.27. The first-order chi connectivity index (χ1) is 9.70. The lowest BCUT2D eigenvalue weighted by atomic mass is 10.1. The van der Waals surface area contributed by atoms with Crippen molar-refractivity contribution in [2.24, 2.45) is 0 Å². The van der Waals surface area contributed by atoms with E-state index in [1.54, 1.807) is 0 Å². The molecule has 0 N–H and O–H groups in total. The summed E-state index contributed by atoms with van der Waals surface area (Å²) in [6, 6.07) is 10.1. The van der Waals surface area contributed by atoms with Crippen molar-refractivity contribution >= 4 is 17.4 Å². The molecular weight excluding hydrogens is 276 g/mol. The standard InChI is InChI=1S/C14H13ClN4O/c1-3-20-14-17-13-16-11(10-7-5-4-6-8-10)9(2)12(15)19(13)18-14/h4-8H,3H2,1-2H3. The third-order valence-electron chi connectivity index (χ3n) is 2.95. The molecule has 1 aromatic carbocycles. The molecule has 0 aliphatic carbocycles. The van der Waals surface area contributed by atoms with Gasteiger partial charge in [0.05, 0.1) is 12.3 Å². The molecule has 102 valence electrons. The number of hydrogen-bond donors (Lipinski definition) is 0. The second kappa shape index (κ2) is 5.09. The highest BCUT2D eigenvalue weighted by Gasteiger charge is 2.15. The summed E-state index contributed by atoms with van der Waals surface area (Å²) in [5.41, 5.74) is 2.66. The van der Waals surface area contributed by atoms with Crippen LogP contribution in [0.5, 0.6) is 6.01 Å². The summed E-state index contributed by atoms with van der Waals surface area (Å²) >= 11 is 6.36. The highest BCUT2D eigenvalue weighted by atomic mass is 35.5. The third-order valence-corrected chi connectivity index (χ3v) is 3.40. The second-order valence-electron chi connectivity index (χ2n) is 4.28. The Morgan fingerprint density at radius 3 is 2.65 bits per heavy atom. The SMILES string of the molecule is CCOc1nc2nc(-c3ccccc3)c(C)c(Cl)n2n1. The molecule has 0 amide bonds. The van der Waals surface area contributed by atoms with Crippen LogP contribution in [0.2, 0.25) is 5.15 Å². The van der Waals surface area contributed by atoms with Crippen molar-refractivity contribution in [2.45, 2.75) is 13.8 Å². The molecule has 0 spiro atoms. The van der Waals surface area contributed by atoms with Crippen LogP contribution in [0.25, 0.3) is 17.0 Å². The summed E-state index contributed by atoms with van der Waals surface area (Å²) in [6.07, 6.45) is 0. The van der Waals surface area contributed by atoms with Gasteiger partial charge in [0.25, 0.3) is 5.78 Å². The van der Waals surface area contributed by atoms with E-state index in [1.165, 1.54) is 4.52 Å². The molecule has 3 aromatic rings. The minimum atomic E-state index is 0.284. The van der Waals surface area contributed by atoms with Crippen molar-refractivity contribution in [2.75, 3.05) is 6.61 Å². The Labute approximate surface area is 121 Å². The van der Waals surface area contributed by atoms with Gasteiger partial charge in [-0.05, 0) is 13.8 Å². The van der Waals surface area contributed by atoms with Crippen LogP contribution in [-0.2, 0) is 0 Å². The van der Waals surface area contributed by atoms with Crippen LogP contribution in [0.1, 0.15) is 12.5 Å². The van der Waals surface area contributed by atoms with Crippen LogP contribution in [-0.4, -0.2) is 26.2 Å². The zero-order chi connectivity index (χ0) is 14.1. The molecule has 3 rings (SSSR count). The summed E-state index contributed by atoms with van der Waals surface area (Å²) in [7, 11) is 0. The molecule has 20 heavy (non-hydrogen) atoms. The molecule has 0 saturated heterocycles.